The number of aromatic nitrogens is 3. The van der Waals surface area contributed by atoms with E-state index in [1.54, 1.807) is 17.2 Å². The fourth-order valence-corrected chi connectivity index (χ4v) is 6.66. The van der Waals surface area contributed by atoms with E-state index in [1.165, 1.54) is 0 Å². The monoisotopic (exact) mass is 623 g/mol. The van der Waals surface area contributed by atoms with Gasteiger partial charge in [-0.05, 0) is 51.1 Å². The number of carbonyl (C=O) groups excluding carboxylic acids is 2. The number of piperidine rings is 1. The second kappa shape index (κ2) is 10.9. The van der Waals surface area contributed by atoms with Gasteiger partial charge in [0.2, 0.25) is 18.0 Å². The summed E-state index contributed by atoms with van der Waals surface area (Å²) in [6, 6.07) is 9.43. The van der Waals surface area contributed by atoms with Crippen LogP contribution in [0, 0.1) is 0 Å². The molecule has 2 aromatic heterocycles. The quantitative estimate of drug-likeness (QED) is 0.414. The van der Waals surface area contributed by atoms with Gasteiger partial charge < -0.3 is 29.0 Å². The molecule has 2 bridgehead atoms. The average molecular weight is 624 g/mol. The number of fused-ring (bicyclic) bond motifs is 3. The maximum atomic E-state index is 14.1. The molecular weight excluding hydrogens is 588 g/mol. The number of rotatable bonds is 5. The molecule has 1 N–H and O–H groups in total. The Bertz CT molecular complexity index is 1580. The summed E-state index contributed by atoms with van der Waals surface area (Å²) in [5.74, 6) is 1.19. The topological polar surface area (TPSA) is 126 Å². The third kappa shape index (κ3) is 5.22. The lowest BCUT2D eigenvalue weighted by atomic mass is 9.98. The van der Waals surface area contributed by atoms with Crippen molar-refractivity contribution in [3.8, 4) is 11.5 Å². The van der Waals surface area contributed by atoms with Gasteiger partial charge in [-0.25, -0.2) is 14.6 Å². The largest absolute Gasteiger partial charge is 0.444 e. The first kappa shape index (κ1) is 28.8. The van der Waals surface area contributed by atoms with Crippen LogP contribution in [0.25, 0.3) is 11.5 Å². The highest BCUT2D eigenvalue weighted by atomic mass is 35.5. The van der Waals surface area contributed by atoms with Crippen LogP contribution in [0.3, 0.4) is 0 Å². The Kier molecular flexibility index (Phi) is 7.13. The number of piperazine rings is 1. The zero-order valence-electron chi connectivity index (χ0n) is 25.0. The molecule has 0 saturated carbocycles. The molecule has 1 aromatic carbocycles. The summed E-state index contributed by atoms with van der Waals surface area (Å²) >= 11 is 6.53. The van der Waals surface area contributed by atoms with Gasteiger partial charge in [-0.2, -0.15) is 5.01 Å². The molecule has 0 radical (unpaired) electrons. The first-order chi connectivity index (χ1) is 21.1. The van der Waals surface area contributed by atoms with Crippen LogP contribution in [0.1, 0.15) is 39.5 Å². The highest BCUT2D eigenvalue weighted by molar-refractivity contribution is 6.31. The maximum Gasteiger partial charge on any atom is 0.410 e. The molecule has 4 fully saturated rings. The van der Waals surface area contributed by atoms with Crippen LogP contribution in [0.2, 0.25) is 5.02 Å². The Balaban J connectivity index is 1.07. The molecule has 0 spiro atoms. The fourth-order valence-electron chi connectivity index (χ4n) is 6.43. The third-order valence-corrected chi connectivity index (χ3v) is 8.82. The van der Waals surface area contributed by atoms with E-state index in [1.807, 2.05) is 50.0 Å². The van der Waals surface area contributed by atoms with Gasteiger partial charge >= 0.3 is 12.0 Å². The van der Waals surface area contributed by atoms with Crippen molar-refractivity contribution in [2.75, 3.05) is 54.6 Å². The smallest absolute Gasteiger partial charge is 0.410 e. The molecule has 3 atom stereocenters. The van der Waals surface area contributed by atoms with Crippen molar-refractivity contribution in [1.82, 2.24) is 20.1 Å². The number of hydrogen-bond acceptors (Lipinski definition) is 11. The molecule has 14 heteroatoms. The van der Waals surface area contributed by atoms with E-state index in [0.29, 0.717) is 50.0 Å². The standard InChI is InChI=1S/C30H36ClN8O5/c1-30(2,3)44-29(41)37-10-8-36(9-11-37)21-14-19(13-20(31)15-21)28-35-34-24(43-28)17-25(40)39(12-6-22-16-26(39)42-22)38-18-33-27-23(38)5-4-7-32-27/h4-5,7,13-15,22,26H,6,8-12,16-18H2,1-3H3,(H,32,33)/q+1. The van der Waals surface area contributed by atoms with Gasteiger partial charge in [-0.3, -0.25) is 0 Å². The Hall–Kier alpha value is -3.94. The van der Waals surface area contributed by atoms with Gasteiger partial charge in [0.05, 0.1) is 12.5 Å². The van der Waals surface area contributed by atoms with Crippen LogP contribution in [-0.2, 0) is 20.7 Å². The second-order valence-corrected chi connectivity index (χ2v) is 13.1. The minimum absolute atomic E-state index is 0.0380. The van der Waals surface area contributed by atoms with Crippen molar-refractivity contribution in [1.29, 1.82) is 0 Å². The lowest BCUT2D eigenvalue weighted by molar-refractivity contribution is -0.937. The number of carbonyl (C=O) groups is 2. The summed E-state index contributed by atoms with van der Waals surface area (Å²) in [5, 5.41) is 14.4. The molecule has 5 aliphatic heterocycles. The molecule has 7 heterocycles. The Labute approximate surface area is 260 Å². The summed E-state index contributed by atoms with van der Waals surface area (Å²) in [7, 11) is 0. The summed E-state index contributed by atoms with van der Waals surface area (Å²) in [5.41, 5.74) is 1.88. The molecule has 0 aliphatic carbocycles. The summed E-state index contributed by atoms with van der Waals surface area (Å²) in [6.45, 7) is 8.97. The van der Waals surface area contributed by atoms with E-state index < -0.39 is 5.60 Å². The van der Waals surface area contributed by atoms with Gasteiger partial charge in [0.15, 0.2) is 5.82 Å². The molecule has 3 aromatic rings. The number of benzene rings is 1. The molecule has 5 aliphatic rings. The first-order valence-corrected chi connectivity index (χ1v) is 15.4. The lowest BCUT2D eigenvalue weighted by Crippen LogP contribution is -2.77. The molecule has 44 heavy (non-hydrogen) atoms. The molecule has 4 saturated heterocycles. The van der Waals surface area contributed by atoms with Gasteiger partial charge in [-0.15, -0.1) is 14.8 Å². The minimum atomic E-state index is -0.540. The van der Waals surface area contributed by atoms with E-state index in [9.17, 15) is 9.59 Å². The highest BCUT2D eigenvalue weighted by Gasteiger charge is 2.61. The predicted molar refractivity (Wildman–Crippen MR) is 162 cm³/mol. The molecule has 2 amide bonds. The highest BCUT2D eigenvalue weighted by Crippen LogP contribution is 2.45. The maximum absolute atomic E-state index is 14.1. The normalized spacial score (nSPS) is 24.4. The molecular formula is C30H36ClN8O5+. The number of halogens is 1. The zero-order valence-corrected chi connectivity index (χ0v) is 25.8. The number of hydrogen-bond donors (Lipinski definition) is 1. The average Bonchev–Trinajstić information content (AvgIpc) is 3.63. The van der Waals surface area contributed by atoms with E-state index >= 15 is 0 Å². The van der Waals surface area contributed by atoms with Crippen LogP contribution >= 0.6 is 11.6 Å². The summed E-state index contributed by atoms with van der Waals surface area (Å²) in [6.07, 6.45) is 2.95. The van der Waals surface area contributed by atoms with Crippen LogP contribution in [0.5, 0.6) is 0 Å². The van der Waals surface area contributed by atoms with Gasteiger partial charge in [-0.1, -0.05) is 11.6 Å². The zero-order chi connectivity index (χ0) is 30.6. The molecule has 13 nitrogen and oxygen atoms in total. The number of pyridine rings is 1. The number of anilines is 3. The van der Waals surface area contributed by atoms with Crippen molar-refractivity contribution >= 4 is 40.8 Å². The van der Waals surface area contributed by atoms with Crippen molar-refractivity contribution in [3.05, 3.63) is 47.4 Å². The number of quaternary nitrogens is 1. The Morgan fingerprint density at radius 3 is 2.68 bits per heavy atom. The Morgan fingerprint density at radius 1 is 1.16 bits per heavy atom. The SMILES string of the molecule is CC(C)(C)OC(=O)N1CCN(c2cc(Cl)cc(-c3nnc(CC(=O)[N+]4(N5CNc6ncccc65)CCC5CC4O5)o3)c2)CC1. The number of nitrogens with zero attached hydrogens (tertiary/aromatic N) is 7. The van der Waals surface area contributed by atoms with E-state index in [2.05, 4.69) is 25.4 Å². The molecule has 8 rings (SSSR count). The van der Waals surface area contributed by atoms with Gasteiger partial charge in [0, 0.05) is 55.1 Å². The second-order valence-electron chi connectivity index (χ2n) is 12.6. The predicted octanol–water partition coefficient (Wildman–Crippen LogP) is 4.05. The molecule has 3 unspecified atom stereocenters. The van der Waals surface area contributed by atoms with Crippen LogP contribution < -0.4 is 15.2 Å². The number of ether oxygens (including phenoxy) is 2. The fraction of sp³-hybridized carbons (Fsp3) is 0.500. The van der Waals surface area contributed by atoms with Crippen molar-refractivity contribution < 1.29 is 28.1 Å². The van der Waals surface area contributed by atoms with Crippen molar-refractivity contribution in [3.63, 3.8) is 0 Å². The first-order valence-electron chi connectivity index (χ1n) is 15.0. The molecule has 232 valence electrons. The van der Waals surface area contributed by atoms with E-state index in [0.717, 1.165) is 30.0 Å². The minimum Gasteiger partial charge on any atom is -0.444 e. The lowest BCUT2D eigenvalue weighted by Gasteiger charge is -2.55. The van der Waals surface area contributed by atoms with Crippen molar-refractivity contribution in [2.45, 2.75) is 58.0 Å². The Morgan fingerprint density at radius 2 is 1.95 bits per heavy atom. The van der Waals surface area contributed by atoms with Crippen LogP contribution in [-0.4, -0.2) is 94.0 Å². The van der Waals surface area contributed by atoms with E-state index in [4.69, 9.17) is 25.5 Å². The third-order valence-electron chi connectivity index (χ3n) is 8.60. The summed E-state index contributed by atoms with van der Waals surface area (Å²) in [4.78, 5) is 34.9. The van der Waals surface area contributed by atoms with E-state index in [-0.39, 0.29) is 47.1 Å². The van der Waals surface area contributed by atoms with Crippen LogP contribution in [0.4, 0.5) is 22.0 Å². The number of amides is 2. The van der Waals surface area contributed by atoms with Crippen molar-refractivity contribution in [2.24, 2.45) is 0 Å². The summed E-state index contributed by atoms with van der Waals surface area (Å²) < 4.78 is 17.7. The van der Waals surface area contributed by atoms with Gasteiger partial charge in [0.1, 0.15) is 30.9 Å². The number of nitrogens with one attached hydrogen (secondary N) is 1. The van der Waals surface area contributed by atoms with Gasteiger partial charge in [0.25, 0.3) is 0 Å². The van der Waals surface area contributed by atoms with Crippen LogP contribution in [0.15, 0.2) is 40.9 Å².